The minimum absolute atomic E-state index is 0.0177. The van der Waals surface area contributed by atoms with Crippen LogP contribution in [-0.4, -0.2) is 5.78 Å². The molecule has 2 nitrogen and oxygen atoms in total. The number of benzene rings is 2. The van der Waals surface area contributed by atoms with E-state index >= 15 is 0 Å². The van der Waals surface area contributed by atoms with Gasteiger partial charge in [-0.2, -0.15) is 0 Å². The van der Waals surface area contributed by atoms with Gasteiger partial charge in [0.05, 0.1) is 0 Å². The summed E-state index contributed by atoms with van der Waals surface area (Å²) >= 11 is 0. The molecule has 19 heavy (non-hydrogen) atoms. The summed E-state index contributed by atoms with van der Waals surface area (Å²) in [5.41, 5.74) is 0.511. The largest absolute Gasteiger partial charge is 0.457 e. The molecular weight excluding hydrogens is 250 g/mol. The van der Waals surface area contributed by atoms with E-state index in [4.69, 9.17) is 4.74 Å². The van der Waals surface area contributed by atoms with E-state index in [1.54, 1.807) is 31.2 Å². The number of ketones is 1. The van der Waals surface area contributed by atoms with Crippen LogP contribution >= 0.6 is 0 Å². The Labute approximate surface area is 109 Å². The fourth-order valence-electron chi connectivity index (χ4n) is 1.66. The van der Waals surface area contributed by atoms with Crippen LogP contribution in [0.2, 0.25) is 0 Å². The molecule has 0 N–H and O–H groups in total. The Morgan fingerprint density at radius 2 is 1.74 bits per heavy atom. The fourth-order valence-corrected chi connectivity index (χ4v) is 1.66. The van der Waals surface area contributed by atoms with E-state index in [0.29, 0.717) is 17.7 Å². The Bertz CT molecular complexity index is 589. The summed E-state index contributed by atoms with van der Waals surface area (Å²) in [4.78, 5) is 11.6. The average molecular weight is 262 g/mol. The van der Waals surface area contributed by atoms with Crippen LogP contribution in [0.4, 0.5) is 8.78 Å². The van der Waals surface area contributed by atoms with Crippen molar-refractivity contribution in [1.29, 1.82) is 0 Å². The summed E-state index contributed by atoms with van der Waals surface area (Å²) in [6, 6.07) is 9.43. The highest BCUT2D eigenvalue weighted by molar-refractivity contribution is 5.96. The summed E-state index contributed by atoms with van der Waals surface area (Å²) < 4.78 is 31.4. The van der Waals surface area contributed by atoms with Gasteiger partial charge in [0.25, 0.3) is 0 Å². The molecule has 0 atom stereocenters. The molecular formula is C15H12F2O2. The molecule has 0 aromatic heterocycles. The highest BCUT2D eigenvalue weighted by Gasteiger charge is 2.06. The van der Waals surface area contributed by atoms with Crippen molar-refractivity contribution >= 4 is 5.78 Å². The number of carbonyl (C=O) groups is 1. The molecule has 2 aromatic carbocycles. The zero-order valence-electron chi connectivity index (χ0n) is 10.3. The molecule has 0 aliphatic carbocycles. The first-order valence-electron chi connectivity index (χ1n) is 5.85. The molecule has 2 aromatic rings. The van der Waals surface area contributed by atoms with E-state index in [2.05, 4.69) is 0 Å². The van der Waals surface area contributed by atoms with Gasteiger partial charge in [0.1, 0.15) is 23.1 Å². The first-order chi connectivity index (χ1) is 9.08. The van der Waals surface area contributed by atoms with Crippen molar-refractivity contribution < 1.29 is 18.3 Å². The lowest BCUT2D eigenvalue weighted by atomic mass is 10.1. The molecule has 0 heterocycles. The SMILES string of the molecule is CCC(=O)c1cccc(Oc2cc(F)cc(F)c2)c1. The molecule has 0 aliphatic heterocycles. The maximum absolute atomic E-state index is 13.0. The predicted molar refractivity (Wildman–Crippen MR) is 67.5 cm³/mol. The molecule has 2 rings (SSSR count). The van der Waals surface area contributed by atoms with Crippen LogP contribution in [0.25, 0.3) is 0 Å². The Morgan fingerprint density at radius 1 is 1.05 bits per heavy atom. The van der Waals surface area contributed by atoms with E-state index in [-0.39, 0.29) is 11.5 Å². The van der Waals surface area contributed by atoms with Gasteiger partial charge in [-0.3, -0.25) is 4.79 Å². The van der Waals surface area contributed by atoms with Gasteiger partial charge in [-0.25, -0.2) is 8.78 Å². The topological polar surface area (TPSA) is 26.3 Å². The van der Waals surface area contributed by atoms with Crippen molar-refractivity contribution in [3.8, 4) is 11.5 Å². The second kappa shape index (κ2) is 5.61. The number of Topliss-reactive ketones (excluding diaryl/α,β-unsaturated/α-hetero) is 1. The maximum atomic E-state index is 13.0. The lowest BCUT2D eigenvalue weighted by Gasteiger charge is -2.07. The summed E-state index contributed by atoms with van der Waals surface area (Å²) in [5.74, 6) is -1.02. The van der Waals surface area contributed by atoms with E-state index in [1.165, 1.54) is 0 Å². The molecule has 0 saturated carbocycles. The monoisotopic (exact) mass is 262 g/mol. The van der Waals surface area contributed by atoms with Crippen molar-refractivity contribution in [3.63, 3.8) is 0 Å². The molecule has 0 bridgehead atoms. The van der Waals surface area contributed by atoms with Crippen LogP contribution in [0.15, 0.2) is 42.5 Å². The van der Waals surface area contributed by atoms with Gasteiger partial charge in [0, 0.05) is 30.2 Å². The predicted octanol–water partition coefficient (Wildman–Crippen LogP) is 4.35. The van der Waals surface area contributed by atoms with Crippen LogP contribution in [0, 0.1) is 11.6 Å². The summed E-state index contributed by atoms with van der Waals surface area (Å²) in [5, 5.41) is 0. The highest BCUT2D eigenvalue weighted by Crippen LogP contribution is 2.24. The number of ether oxygens (including phenoxy) is 1. The Kier molecular flexibility index (Phi) is 3.90. The molecule has 0 radical (unpaired) electrons. The first-order valence-corrected chi connectivity index (χ1v) is 5.85. The highest BCUT2D eigenvalue weighted by atomic mass is 19.1. The van der Waals surface area contributed by atoms with Gasteiger partial charge in [0.2, 0.25) is 0 Å². The van der Waals surface area contributed by atoms with Crippen LogP contribution in [0.3, 0.4) is 0 Å². The van der Waals surface area contributed by atoms with Crippen molar-refractivity contribution in [3.05, 3.63) is 59.7 Å². The van der Waals surface area contributed by atoms with Crippen molar-refractivity contribution in [2.24, 2.45) is 0 Å². The van der Waals surface area contributed by atoms with Crippen LogP contribution in [0.1, 0.15) is 23.7 Å². The quantitative estimate of drug-likeness (QED) is 0.766. The van der Waals surface area contributed by atoms with Gasteiger partial charge >= 0.3 is 0 Å². The van der Waals surface area contributed by atoms with Crippen LogP contribution in [0.5, 0.6) is 11.5 Å². The molecule has 4 heteroatoms. The molecule has 0 spiro atoms. The number of rotatable bonds is 4. The van der Waals surface area contributed by atoms with E-state index in [9.17, 15) is 13.6 Å². The first kappa shape index (κ1) is 13.2. The van der Waals surface area contributed by atoms with Crippen molar-refractivity contribution in [2.45, 2.75) is 13.3 Å². The summed E-state index contributed by atoms with van der Waals surface area (Å²) in [6.07, 6.45) is 0.387. The second-order valence-electron chi connectivity index (χ2n) is 4.01. The molecule has 0 fully saturated rings. The summed E-state index contributed by atoms with van der Waals surface area (Å²) in [6.45, 7) is 1.76. The minimum atomic E-state index is -0.712. The minimum Gasteiger partial charge on any atom is -0.457 e. The Hall–Kier alpha value is -2.23. The molecule has 0 amide bonds. The third-order valence-electron chi connectivity index (χ3n) is 2.55. The van der Waals surface area contributed by atoms with Crippen molar-refractivity contribution in [1.82, 2.24) is 0 Å². The van der Waals surface area contributed by atoms with E-state index in [1.807, 2.05) is 0 Å². The van der Waals surface area contributed by atoms with E-state index < -0.39 is 11.6 Å². The van der Waals surface area contributed by atoms with Gasteiger partial charge in [-0.15, -0.1) is 0 Å². The standard InChI is InChI=1S/C15H12F2O2/c1-2-15(18)10-4-3-5-13(6-10)19-14-8-11(16)7-12(17)9-14/h3-9H,2H2,1H3. The number of hydrogen-bond donors (Lipinski definition) is 0. The van der Waals surface area contributed by atoms with Crippen LogP contribution in [-0.2, 0) is 0 Å². The average Bonchev–Trinajstić information content (AvgIpc) is 2.37. The third kappa shape index (κ3) is 3.37. The number of halogens is 2. The Balaban J connectivity index is 2.25. The zero-order valence-corrected chi connectivity index (χ0v) is 10.3. The lowest BCUT2D eigenvalue weighted by molar-refractivity contribution is 0.0988. The normalized spacial score (nSPS) is 10.3. The number of hydrogen-bond acceptors (Lipinski definition) is 2. The fraction of sp³-hybridized carbons (Fsp3) is 0.133. The molecule has 0 unspecified atom stereocenters. The van der Waals surface area contributed by atoms with Gasteiger partial charge < -0.3 is 4.74 Å². The van der Waals surface area contributed by atoms with Gasteiger partial charge in [0.15, 0.2) is 5.78 Å². The molecule has 0 saturated heterocycles. The molecule has 0 aliphatic rings. The van der Waals surface area contributed by atoms with Crippen molar-refractivity contribution in [2.75, 3.05) is 0 Å². The number of carbonyl (C=O) groups excluding carboxylic acids is 1. The second-order valence-corrected chi connectivity index (χ2v) is 4.01. The van der Waals surface area contributed by atoms with E-state index in [0.717, 1.165) is 18.2 Å². The molecule has 98 valence electrons. The summed E-state index contributed by atoms with van der Waals surface area (Å²) in [7, 11) is 0. The van der Waals surface area contributed by atoms with Crippen LogP contribution < -0.4 is 4.74 Å². The lowest BCUT2D eigenvalue weighted by Crippen LogP contribution is -1.96. The third-order valence-corrected chi connectivity index (χ3v) is 2.55. The Morgan fingerprint density at radius 3 is 2.37 bits per heavy atom. The maximum Gasteiger partial charge on any atom is 0.162 e. The van der Waals surface area contributed by atoms with Gasteiger partial charge in [-0.1, -0.05) is 19.1 Å². The smallest absolute Gasteiger partial charge is 0.162 e. The van der Waals surface area contributed by atoms with Gasteiger partial charge in [-0.05, 0) is 12.1 Å². The zero-order chi connectivity index (χ0) is 13.8.